The summed E-state index contributed by atoms with van der Waals surface area (Å²) in [6.45, 7) is 3.44. The summed E-state index contributed by atoms with van der Waals surface area (Å²) in [6.07, 6.45) is 7.11. The van der Waals surface area contributed by atoms with Crippen LogP contribution >= 0.6 is 0 Å². The molecule has 0 unspecified atom stereocenters. The zero-order valence-corrected chi connectivity index (χ0v) is 27.0. The topological polar surface area (TPSA) is 84.6 Å². The van der Waals surface area contributed by atoms with Crippen molar-refractivity contribution < 1.29 is 19.4 Å². The molecule has 46 heavy (non-hydrogen) atoms. The number of rotatable bonds is 11. The number of amides is 1. The number of carbonyl (C=O) groups is 1. The summed E-state index contributed by atoms with van der Waals surface area (Å²) in [6, 6.07) is 24.8. The lowest BCUT2D eigenvalue weighted by Gasteiger charge is -2.54. The fraction of sp³-hybridized carbons (Fsp3) is 0.500. The summed E-state index contributed by atoms with van der Waals surface area (Å²) in [7, 11) is 0. The van der Waals surface area contributed by atoms with E-state index in [0.717, 1.165) is 68.9 Å². The van der Waals surface area contributed by atoms with Gasteiger partial charge in [0.15, 0.2) is 0 Å². The van der Waals surface area contributed by atoms with Crippen LogP contribution in [-0.2, 0) is 12.8 Å². The molecule has 0 saturated heterocycles. The molecular formula is C40H47FN2O3. The number of halogens is 1. The van der Waals surface area contributed by atoms with Crippen molar-refractivity contribution in [2.24, 2.45) is 23.2 Å². The number of phenols is 1. The van der Waals surface area contributed by atoms with Crippen molar-refractivity contribution in [1.29, 1.82) is 5.26 Å². The maximum atomic E-state index is 16.1. The molecule has 0 bridgehead atoms. The summed E-state index contributed by atoms with van der Waals surface area (Å²) in [5.74, 6) is 0.853. The number of unbranched alkanes of at least 4 members (excludes halogenated alkanes) is 2. The lowest BCUT2D eigenvalue weighted by molar-refractivity contribution is -0.0722. The highest BCUT2D eigenvalue weighted by molar-refractivity contribution is 5.94. The van der Waals surface area contributed by atoms with E-state index in [1.807, 2.05) is 35.2 Å². The number of aliphatic hydroxyl groups excluding tert-OH is 1. The number of nitriles is 1. The average molecular weight is 623 g/mol. The Hall–Kier alpha value is -3.69. The van der Waals surface area contributed by atoms with Gasteiger partial charge in [-0.25, -0.2) is 4.39 Å². The van der Waals surface area contributed by atoms with E-state index in [-0.39, 0.29) is 28.9 Å². The number of hydrogen-bond acceptors (Lipinski definition) is 4. The number of aliphatic hydroxyl groups is 1. The van der Waals surface area contributed by atoms with Crippen molar-refractivity contribution in [3.63, 3.8) is 0 Å². The number of hydrogen-bond donors (Lipinski definition) is 2. The van der Waals surface area contributed by atoms with Crippen molar-refractivity contribution in [2.45, 2.75) is 89.3 Å². The minimum atomic E-state index is -0.997. The number of benzene rings is 3. The number of aromatic hydroxyl groups is 1. The average Bonchev–Trinajstić information content (AvgIpc) is 3.36. The van der Waals surface area contributed by atoms with Crippen LogP contribution in [0.3, 0.4) is 0 Å². The Labute approximate surface area is 273 Å². The highest BCUT2D eigenvalue weighted by Gasteiger charge is 2.59. The Morgan fingerprint density at radius 2 is 1.76 bits per heavy atom. The van der Waals surface area contributed by atoms with Crippen molar-refractivity contribution in [3.8, 4) is 11.8 Å². The van der Waals surface area contributed by atoms with Crippen LogP contribution in [0.4, 0.5) is 4.39 Å². The third-order valence-electron chi connectivity index (χ3n) is 11.6. The van der Waals surface area contributed by atoms with Gasteiger partial charge in [0.2, 0.25) is 0 Å². The van der Waals surface area contributed by atoms with Gasteiger partial charge in [0.1, 0.15) is 11.9 Å². The molecule has 0 aromatic heterocycles. The minimum Gasteiger partial charge on any atom is -0.508 e. The molecule has 242 valence electrons. The molecule has 0 spiro atoms. The molecule has 2 N–H and O–H groups in total. The lowest BCUT2D eigenvalue weighted by atomic mass is 9.51. The predicted octanol–water partition coefficient (Wildman–Crippen LogP) is 7.99. The van der Waals surface area contributed by atoms with Gasteiger partial charge in [-0.1, -0.05) is 56.2 Å². The highest BCUT2D eigenvalue weighted by atomic mass is 19.1. The van der Waals surface area contributed by atoms with Gasteiger partial charge in [0, 0.05) is 24.6 Å². The van der Waals surface area contributed by atoms with E-state index >= 15 is 4.39 Å². The number of fused-ring (bicyclic) bond motifs is 5. The number of phenolic OH excluding ortho intramolecular Hbond substituents is 1. The van der Waals surface area contributed by atoms with E-state index in [1.165, 1.54) is 5.56 Å². The first-order valence-corrected chi connectivity index (χ1v) is 17.3. The molecule has 6 rings (SSSR count). The van der Waals surface area contributed by atoms with Crippen LogP contribution in [0.5, 0.6) is 5.75 Å². The molecule has 0 aliphatic heterocycles. The number of aryl methyl sites for hydroxylation is 1. The van der Waals surface area contributed by atoms with Crippen LogP contribution in [0, 0.1) is 34.5 Å². The van der Waals surface area contributed by atoms with E-state index < -0.39 is 12.3 Å². The maximum Gasteiger partial charge on any atom is 0.253 e. The van der Waals surface area contributed by atoms with Gasteiger partial charge >= 0.3 is 0 Å². The van der Waals surface area contributed by atoms with E-state index in [4.69, 9.17) is 0 Å². The van der Waals surface area contributed by atoms with Crippen molar-refractivity contribution in [2.75, 3.05) is 13.1 Å². The molecule has 3 aromatic rings. The molecule has 3 aromatic carbocycles. The van der Waals surface area contributed by atoms with Crippen LogP contribution in [0.2, 0.25) is 0 Å². The molecule has 2 saturated carbocycles. The van der Waals surface area contributed by atoms with E-state index in [1.54, 1.807) is 30.3 Å². The van der Waals surface area contributed by atoms with Gasteiger partial charge in [-0.2, -0.15) is 5.26 Å². The highest BCUT2D eigenvalue weighted by Crippen LogP contribution is 2.63. The molecule has 3 aliphatic rings. The maximum absolute atomic E-state index is 16.1. The molecule has 7 atom stereocenters. The molecule has 0 radical (unpaired) electrons. The van der Waals surface area contributed by atoms with E-state index in [9.17, 15) is 20.3 Å². The summed E-state index contributed by atoms with van der Waals surface area (Å²) >= 11 is 0. The Balaban J connectivity index is 1.11. The Morgan fingerprint density at radius 3 is 2.52 bits per heavy atom. The van der Waals surface area contributed by atoms with Crippen LogP contribution in [-0.4, -0.2) is 46.4 Å². The predicted molar refractivity (Wildman–Crippen MR) is 178 cm³/mol. The SMILES string of the molecule is C[C@]12C[C@H](F)[C@@H]3c4ccc(O)cc4C[C@@H](CCCCCN(CCCc4ccccc4)C(=O)c4ccc(C#N)cc4)[C@H]3[C@@H]1CC[C@@H]2O. The molecule has 1 amide bonds. The lowest BCUT2D eigenvalue weighted by Crippen LogP contribution is -2.51. The summed E-state index contributed by atoms with van der Waals surface area (Å²) < 4.78 is 16.1. The van der Waals surface area contributed by atoms with Crippen molar-refractivity contribution in [3.05, 3.63) is 101 Å². The van der Waals surface area contributed by atoms with E-state index in [0.29, 0.717) is 42.5 Å². The van der Waals surface area contributed by atoms with E-state index in [2.05, 4.69) is 25.1 Å². The molecule has 5 nitrogen and oxygen atoms in total. The molecule has 2 fully saturated rings. The van der Waals surface area contributed by atoms with Crippen LogP contribution in [0.15, 0.2) is 72.8 Å². The zero-order valence-electron chi connectivity index (χ0n) is 27.0. The normalized spacial score (nSPS) is 28.0. The fourth-order valence-corrected chi connectivity index (χ4v) is 9.22. The second-order valence-electron chi connectivity index (χ2n) is 14.3. The monoisotopic (exact) mass is 622 g/mol. The number of carbonyl (C=O) groups excluding carboxylic acids is 1. The first-order chi connectivity index (χ1) is 22.3. The second kappa shape index (κ2) is 14.0. The second-order valence-corrected chi connectivity index (χ2v) is 14.3. The van der Waals surface area contributed by atoms with Gasteiger partial charge in [-0.05, 0) is 128 Å². The summed E-state index contributed by atoms with van der Waals surface area (Å²) in [5, 5.41) is 30.4. The van der Waals surface area contributed by atoms with Gasteiger partial charge in [-0.3, -0.25) is 4.79 Å². The van der Waals surface area contributed by atoms with Gasteiger partial charge in [0.05, 0.1) is 17.7 Å². The van der Waals surface area contributed by atoms with Crippen LogP contribution in [0.1, 0.15) is 96.8 Å². The zero-order chi connectivity index (χ0) is 32.3. The smallest absolute Gasteiger partial charge is 0.253 e. The standard InChI is InChI=1S/C40H47FN2O3/c1-40-25-35(41)38-33-18-17-32(44)24-31(33)23-30(37(38)34(40)19-20-36(40)45)12-6-3-7-21-43(22-8-11-27-9-4-2-5-10-27)39(46)29-15-13-28(26-42)14-16-29/h2,4-5,9-10,13-18,24,30,34-38,44-45H,3,6-8,11-12,19-23,25H2,1H3/t30-,34+,35+,36+,37+,38+,40+/m1/s1. The molecule has 0 heterocycles. The van der Waals surface area contributed by atoms with Crippen LogP contribution in [0.25, 0.3) is 0 Å². The Bertz CT molecular complexity index is 1540. The number of alkyl halides is 1. The first-order valence-electron chi connectivity index (χ1n) is 17.3. The summed E-state index contributed by atoms with van der Waals surface area (Å²) in [4.78, 5) is 15.5. The quantitative estimate of drug-likeness (QED) is 0.212. The van der Waals surface area contributed by atoms with Crippen molar-refractivity contribution in [1.82, 2.24) is 4.90 Å². The third kappa shape index (κ3) is 6.58. The van der Waals surface area contributed by atoms with Crippen LogP contribution < -0.4 is 0 Å². The van der Waals surface area contributed by atoms with Gasteiger partial charge in [-0.15, -0.1) is 0 Å². The Morgan fingerprint density at radius 1 is 1.00 bits per heavy atom. The largest absolute Gasteiger partial charge is 0.508 e. The third-order valence-corrected chi connectivity index (χ3v) is 11.6. The minimum absolute atomic E-state index is 0.000594. The molecule has 6 heteroatoms. The van der Waals surface area contributed by atoms with Gasteiger partial charge in [0.25, 0.3) is 5.91 Å². The molecular weight excluding hydrogens is 575 g/mol. The fourth-order valence-electron chi connectivity index (χ4n) is 9.22. The molecule has 3 aliphatic carbocycles. The van der Waals surface area contributed by atoms with Crippen molar-refractivity contribution >= 4 is 5.91 Å². The number of nitrogens with zero attached hydrogens (tertiary/aromatic N) is 2. The Kier molecular flexibility index (Phi) is 9.80. The first kappa shape index (κ1) is 32.3. The van der Waals surface area contributed by atoms with Gasteiger partial charge < -0.3 is 15.1 Å². The summed E-state index contributed by atoms with van der Waals surface area (Å²) in [5.41, 5.74) is 4.17.